The van der Waals surface area contributed by atoms with E-state index in [0.29, 0.717) is 18.1 Å². The Hall–Kier alpha value is -1.32. The number of para-hydroxylation sites is 1. The molecule has 0 unspecified atom stereocenters. The Labute approximate surface area is 99.6 Å². The topological polar surface area (TPSA) is 50.9 Å². The van der Waals surface area contributed by atoms with Gasteiger partial charge >= 0.3 is 0 Å². The molecule has 0 saturated carbocycles. The van der Waals surface area contributed by atoms with Crippen molar-refractivity contribution in [2.75, 3.05) is 18.4 Å². The number of hydrogen-bond donors (Lipinski definition) is 2. The number of fused-ring (bicyclic) bond motifs is 1. The molecule has 16 heavy (non-hydrogen) atoms. The number of aromatic nitrogens is 1. The molecule has 0 aliphatic heterocycles. The van der Waals surface area contributed by atoms with Gasteiger partial charge < -0.3 is 11.1 Å². The molecule has 0 aliphatic carbocycles. The fraction of sp³-hybridized carbons (Fsp3) is 0.250. The first-order chi connectivity index (χ1) is 7.72. The lowest BCUT2D eigenvalue weighted by Gasteiger charge is -2.08. The van der Waals surface area contributed by atoms with Gasteiger partial charge in [-0.15, -0.1) is 0 Å². The average molecular weight is 236 g/mol. The molecule has 0 saturated heterocycles. The fourth-order valence-corrected chi connectivity index (χ4v) is 1.89. The van der Waals surface area contributed by atoms with Crippen LogP contribution in [0.15, 0.2) is 24.3 Å². The van der Waals surface area contributed by atoms with Crippen molar-refractivity contribution in [2.24, 2.45) is 5.73 Å². The highest BCUT2D eigenvalue weighted by Crippen LogP contribution is 2.25. The molecular weight excluding hydrogens is 222 g/mol. The van der Waals surface area contributed by atoms with Gasteiger partial charge in [-0.25, -0.2) is 4.98 Å². The number of rotatable bonds is 3. The molecule has 0 atom stereocenters. The van der Waals surface area contributed by atoms with Gasteiger partial charge in [0.2, 0.25) is 0 Å². The summed E-state index contributed by atoms with van der Waals surface area (Å²) in [5, 5.41) is 4.93. The van der Waals surface area contributed by atoms with E-state index in [4.69, 9.17) is 17.3 Å². The standard InChI is InChI=1S/C12H14ClN3/c1-8-7-11(15-6-5-14)16-12-9(8)3-2-4-10(12)13/h2-4,7H,5-6,14H2,1H3,(H,15,16). The molecule has 3 N–H and O–H groups in total. The Morgan fingerprint density at radius 1 is 1.44 bits per heavy atom. The number of halogens is 1. The molecular formula is C12H14ClN3. The minimum absolute atomic E-state index is 0.585. The van der Waals surface area contributed by atoms with Crippen LogP contribution in [0.25, 0.3) is 10.9 Å². The Bertz CT molecular complexity index is 511. The van der Waals surface area contributed by atoms with Gasteiger partial charge in [0.05, 0.1) is 10.5 Å². The number of aryl methyl sites for hydroxylation is 1. The van der Waals surface area contributed by atoms with Gasteiger partial charge in [0.25, 0.3) is 0 Å². The summed E-state index contributed by atoms with van der Waals surface area (Å²) in [6.07, 6.45) is 0. The van der Waals surface area contributed by atoms with Crippen molar-refractivity contribution >= 4 is 28.3 Å². The molecule has 84 valence electrons. The SMILES string of the molecule is Cc1cc(NCCN)nc2c(Cl)cccc12. The monoisotopic (exact) mass is 235 g/mol. The molecule has 0 bridgehead atoms. The molecule has 2 aromatic rings. The van der Waals surface area contributed by atoms with Gasteiger partial charge in [0.15, 0.2) is 0 Å². The van der Waals surface area contributed by atoms with E-state index in [2.05, 4.69) is 10.3 Å². The molecule has 0 amide bonds. The number of hydrogen-bond acceptors (Lipinski definition) is 3. The number of anilines is 1. The first-order valence-electron chi connectivity index (χ1n) is 5.22. The number of nitrogens with two attached hydrogens (primary N) is 1. The largest absolute Gasteiger partial charge is 0.369 e. The Morgan fingerprint density at radius 3 is 3.00 bits per heavy atom. The quantitative estimate of drug-likeness (QED) is 0.860. The van der Waals surface area contributed by atoms with Crippen molar-refractivity contribution in [3.63, 3.8) is 0 Å². The van der Waals surface area contributed by atoms with Gasteiger partial charge in [0.1, 0.15) is 5.82 Å². The maximum atomic E-state index is 6.12. The number of nitrogens with zero attached hydrogens (tertiary/aromatic N) is 1. The van der Waals surface area contributed by atoms with Gasteiger partial charge in [-0.3, -0.25) is 0 Å². The first-order valence-corrected chi connectivity index (χ1v) is 5.60. The first kappa shape index (κ1) is 11.2. The van der Waals surface area contributed by atoms with Crippen molar-refractivity contribution < 1.29 is 0 Å². The van der Waals surface area contributed by atoms with Crippen LogP contribution in [0.2, 0.25) is 5.02 Å². The van der Waals surface area contributed by atoms with Gasteiger partial charge in [-0.2, -0.15) is 0 Å². The van der Waals surface area contributed by atoms with Crippen molar-refractivity contribution in [3.05, 3.63) is 34.9 Å². The predicted octanol–water partition coefficient (Wildman–Crippen LogP) is 2.57. The van der Waals surface area contributed by atoms with Crippen molar-refractivity contribution in [3.8, 4) is 0 Å². The molecule has 2 rings (SSSR count). The summed E-state index contributed by atoms with van der Waals surface area (Å²) in [5.74, 6) is 0.823. The number of benzene rings is 1. The van der Waals surface area contributed by atoms with Crippen LogP contribution in [-0.2, 0) is 0 Å². The van der Waals surface area contributed by atoms with E-state index in [1.807, 2.05) is 31.2 Å². The molecule has 0 spiro atoms. The Kier molecular flexibility index (Phi) is 3.27. The highest BCUT2D eigenvalue weighted by molar-refractivity contribution is 6.35. The zero-order valence-corrected chi connectivity index (χ0v) is 9.88. The summed E-state index contributed by atoms with van der Waals surface area (Å²) in [6.45, 7) is 3.34. The Morgan fingerprint density at radius 2 is 2.25 bits per heavy atom. The third kappa shape index (κ3) is 2.10. The van der Waals surface area contributed by atoms with Gasteiger partial charge in [0, 0.05) is 18.5 Å². The lowest BCUT2D eigenvalue weighted by Crippen LogP contribution is -2.14. The number of nitrogens with one attached hydrogen (secondary N) is 1. The zero-order chi connectivity index (χ0) is 11.5. The lowest BCUT2D eigenvalue weighted by molar-refractivity contribution is 1.01. The fourth-order valence-electron chi connectivity index (χ4n) is 1.67. The molecule has 0 aliphatic rings. The third-order valence-electron chi connectivity index (χ3n) is 2.45. The van der Waals surface area contributed by atoms with Crippen molar-refractivity contribution in [1.29, 1.82) is 0 Å². The summed E-state index contributed by atoms with van der Waals surface area (Å²) in [6, 6.07) is 7.82. The van der Waals surface area contributed by atoms with E-state index in [0.717, 1.165) is 22.3 Å². The van der Waals surface area contributed by atoms with E-state index >= 15 is 0 Å². The molecule has 3 nitrogen and oxygen atoms in total. The minimum atomic E-state index is 0.585. The second kappa shape index (κ2) is 4.68. The van der Waals surface area contributed by atoms with E-state index in [1.165, 1.54) is 0 Å². The van der Waals surface area contributed by atoms with E-state index in [1.54, 1.807) is 0 Å². The highest BCUT2D eigenvalue weighted by Gasteiger charge is 2.05. The van der Waals surface area contributed by atoms with Crippen LogP contribution >= 0.6 is 11.6 Å². The van der Waals surface area contributed by atoms with E-state index in [-0.39, 0.29) is 0 Å². The Balaban J connectivity index is 2.52. The second-order valence-corrected chi connectivity index (χ2v) is 4.08. The second-order valence-electron chi connectivity index (χ2n) is 3.68. The molecule has 1 aromatic carbocycles. The van der Waals surface area contributed by atoms with Crippen LogP contribution in [-0.4, -0.2) is 18.1 Å². The molecule has 1 heterocycles. The van der Waals surface area contributed by atoms with E-state index < -0.39 is 0 Å². The molecule has 0 fully saturated rings. The molecule has 1 aromatic heterocycles. The molecule has 4 heteroatoms. The lowest BCUT2D eigenvalue weighted by atomic mass is 10.1. The van der Waals surface area contributed by atoms with Gasteiger partial charge in [-0.05, 0) is 24.6 Å². The maximum absolute atomic E-state index is 6.12. The summed E-state index contributed by atoms with van der Waals surface area (Å²) in [5.41, 5.74) is 7.44. The van der Waals surface area contributed by atoms with Crippen LogP contribution in [0, 0.1) is 6.92 Å². The van der Waals surface area contributed by atoms with Crippen LogP contribution in [0.5, 0.6) is 0 Å². The average Bonchev–Trinajstić information content (AvgIpc) is 2.28. The number of pyridine rings is 1. The van der Waals surface area contributed by atoms with Crippen molar-refractivity contribution in [1.82, 2.24) is 4.98 Å². The summed E-state index contributed by atoms with van der Waals surface area (Å²) >= 11 is 6.12. The van der Waals surface area contributed by atoms with Crippen LogP contribution < -0.4 is 11.1 Å². The minimum Gasteiger partial charge on any atom is -0.369 e. The predicted molar refractivity (Wildman–Crippen MR) is 69.0 cm³/mol. The maximum Gasteiger partial charge on any atom is 0.127 e. The normalized spacial score (nSPS) is 10.7. The molecule has 0 radical (unpaired) electrons. The van der Waals surface area contributed by atoms with Crippen molar-refractivity contribution in [2.45, 2.75) is 6.92 Å². The summed E-state index contributed by atoms with van der Waals surface area (Å²) < 4.78 is 0. The van der Waals surface area contributed by atoms with Gasteiger partial charge in [-0.1, -0.05) is 23.7 Å². The van der Waals surface area contributed by atoms with Crippen LogP contribution in [0.1, 0.15) is 5.56 Å². The summed E-state index contributed by atoms with van der Waals surface area (Å²) in [4.78, 5) is 4.47. The van der Waals surface area contributed by atoms with Crippen LogP contribution in [0.3, 0.4) is 0 Å². The van der Waals surface area contributed by atoms with E-state index in [9.17, 15) is 0 Å². The van der Waals surface area contributed by atoms with Crippen LogP contribution in [0.4, 0.5) is 5.82 Å². The highest BCUT2D eigenvalue weighted by atomic mass is 35.5. The smallest absolute Gasteiger partial charge is 0.127 e. The summed E-state index contributed by atoms with van der Waals surface area (Å²) in [7, 11) is 0. The third-order valence-corrected chi connectivity index (χ3v) is 2.75. The zero-order valence-electron chi connectivity index (χ0n) is 9.13.